The van der Waals surface area contributed by atoms with E-state index in [-0.39, 0.29) is 22.7 Å². The number of pyridine rings is 1. The number of rotatable bonds is 4. The van der Waals surface area contributed by atoms with Crippen molar-refractivity contribution < 1.29 is 14.3 Å². The number of amides is 2. The largest absolute Gasteiger partial charge is 0.443 e. The molecule has 0 spiro atoms. The van der Waals surface area contributed by atoms with Crippen LogP contribution in [-0.2, 0) is 22.5 Å². The van der Waals surface area contributed by atoms with Crippen molar-refractivity contribution in [2.45, 2.75) is 85.3 Å². The quantitative estimate of drug-likeness (QED) is 0.662. The number of nitrogens with one attached hydrogen (secondary N) is 1. The van der Waals surface area contributed by atoms with Crippen LogP contribution in [0.4, 0.5) is 10.6 Å². The monoisotopic (exact) mass is 467 g/mol. The standard InChI is InChI=1S/C26H37N5O3/c1-24(2,3)26(34-23(27)33)9-6-7-18(14-26)22(32)30-21-13-17(8-11-28-21)19-16-29-31-12-10-25(4,5)15-20(19)31/h8,11,13,16,18H,6-7,9-10,12,14-15H2,1-5H3,(H2,27,33)(H,28,30,32)/t18-,26+/m0/s1. The summed E-state index contributed by atoms with van der Waals surface area (Å²) in [7, 11) is 0. The van der Waals surface area contributed by atoms with Crippen LogP contribution >= 0.6 is 0 Å². The van der Waals surface area contributed by atoms with Gasteiger partial charge in [0.1, 0.15) is 11.4 Å². The van der Waals surface area contributed by atoms with Crippen LogP contribution < -0.4 is 11.1 Å². The van der Waals surface area contributed by atoms with Gasteiger partial charge in [-0.1, -0.05) is 34.6 Å². The fourth-order valence-corrected chi connectivity index (χ4v) is 5.46. The summed E-state index contributed by atoms with van der Waals surface area (Å²) in [6, 6.07) is 3.87. The number of hydrogen-bond acceptors (Lipinski definition) is 5. The van der Waals surface area contributed by atoms with Gasteiger partial charge in [-0.05, 0) is 61.6 Å². The molecule has 3 N–H and O–H groups in total. The van der Waals surface area contributed by atoms with Gasteiger partial charge in [0.05, 0.1) is 6.20 Å². The molecule has 2 aromatic rings. The molecular formula is C26H37N5O3. The van der Waals surface area contributed by atoms with Gasteiger partial charge >= 0.3 is 6.09 Å². The molecule has 184 valence electrons. The maximum atomic E-state index is 13.2. The number of fused-ring (bicyclic) bond motifs is 1. The molecular weight excluding hydrogens is 430 g/mol. The third kappa shape index (κ3) is 4.81. The van der Waals surface area contributed by atoms with E-state index in [1.54, 1.807) is 6.20 Å². The summed E-state index contributed by atoms with van der Waals surface area (Å²) in [5.74, 6) is 0.118. The number of primary amides is 1. The number of anilines is 1. The molecule has 2 aliphatic rings. The Balaban J connectivity index is 1.52. The van der Waals surface area contributed by atoms with E-state index < -0.39 is 11.7 Å². The molecule has 4 rings (SSSR count). The van der Waals surface area contributed by atoms with Gasteiger partial charge < -0.3 is 15.8 Å². The maximum Gasteiger partial charge on any atom is 0.405 e. The van der Waals surface area contributed by atoms with Crippen molar-refractivity contribution in [3.05, 3.63) is 30.2 Å². The average Bonchev–Trinajstić information content (AvgIpc) is 3.14. The number of aromatic nitrogens is 3. The molecule has 0 unspecified atom stereocenters. The van der Waals surface area contributed by atoms with E-state index in [4.69, 9.17) is 10.5 Å². The summed E-state index contributed by atoms with van der Waals surface area (Å²) >= 11 is 0. The van der Waals surface area contributed by atoms with E-state index in [9.17, 15) is 9.59 Å². The second kappa shape index (κ2) is 8.71. The average molecular weight is 468 g/mol. The predicted octanol–water partition coefficient (Wildman–Crippen LogP) is 4.93. The maximum absolute atomic E-state index is 13.2. The summed E-state index contributed by atoms with van der Waals surface area (Å²) in [5.41, 5.74) is 7.84. The van der Waals surface area contributed by atoms with Gasteiger partial charge in [0.15, 0.2) is 0 Å². The molecule has 1 aliphatic carbocycles. The molecule has 3 heterocycles. The third-order valence-electron chi connectivity index (χ3n) is 7.66. The Morgan fingerprint density at radius 2 is 2.03 bits per heavy atom. The molecule has 2 aromatic heterocycles. The molecule has 0 aromatic carbocycles. The van der Waals surface area contributed by atoms with Crippen molar-refractivity contribution in [3.63, 3.8) is 0 Å². The topological polar surface area (TPSA) is 112 Å². The summed E-state index contributed by atoms with van der Waals surface area (Å²) in [4.78, 5) is 29.3. The molecule has 0 radical (unpaired) electrons. The highest BCUT2D eigenvalue weighted by molar-refractivity contribution is 5.92. The Bertz CT molecular complexity index is 1080. The Morgan fingerprint density at radius 1 is 1.26 bits per heavy atom. The number of nitrogens with two attached hydrogens (primary N) is 1. The van der Waals surface area contributed by atoms with Crippen molar-refractivity contribution in [1.82, 2.24) is 14.8 Å². The third-order valence-corrected chi connectivity index (χ3v) is 7.66. The zero-order valence-electron chi connectivity index (χ0n) is 21.0. The van der Waals surface area contributed by atoms with Gasteiger partial charge in [-0.15, -0.1) is 0 Å². The van der Waals surface area contributed by atoms with E-state index in [2.05, 4.69) is 33.9 Å². The van der Waals surface area contributed by atoms with E-state index >= 15 is 0 Å². The van der Waals surface area contributed by atoms with Crippen LogP contribution in [0.2, 0.25) is 0 Å². The summed E-state index contributed by atoms with van der Waals surface area (Å²) < 4.78 is 7.73. The Kier molecular flexibility index (Phi) is 6.21. The van der Waals surface area contributed by atoms with Gasteiger partial charge in [-0.25, -0.2) is 9.78 Å². The van der Waals surface area contributed by atoms with E-state index in [0.717, 1.165) is 43.4 Å². The zero-order valence-corrected chi connectivity index (χ0v) is 21.0. The van der Waals surface area contributed by atoms with E-state index in [1.165, 1.54) is 5.69 Å². The van der Waals surface area contributed by atoms with Crippen LogP contribution in [0.15, 0.2) is 24.5 Å². The number of aryl methyl sites for hydroxylation is 1. The van der Waals surface area contributed by atoms with Crippen LogP contribution in [0.1, 0.15) is 72.4 Å². The van der Waals surface area contributed by atoms with Gasteiger partial charge in [0, 0.05) is 35.3 Å². The first kappa shape index (κ1) is 24.2. The lowest BCUT2D eigenvalue weighted by atomic mass is 9.65. The highest BCUT2D eigenvalue weighted by Crippen LogP contribution is 2.47. The number of carbonyl (C=O) groups is 2. The van der Waals surface area contributed by atoms with E-state index in [0.29, 0.717) is 18.7 Å². The van der Waals surface area contributed by atoms with E-state index in [1.807, 2.05) is 39.1 Å². The molecule has 34 heavy (non-hydrogen) atoms. The second-order valence-corrected chi connectivity index (χ2v) is 11.7. The number of hydrogen-bond donors (Lipinski definition) is 2. The highest BCUT2D eigenvalue weighted by Gasteiger charge is 2.49. The molecule has 1 fully saturated rings. The molecule has 8 heteroatoms. The fraction of sp³-hybridized carbons (Fsp3) is 0.615. The minimum atomic E-state index is -0.793. The van der Waals surface area contributed by atoms with Crippen LogP contribution in [-0.4, -0.2) is 32.4 Å². The lowest BCUT2D eigenvalue weighted by molar-refractivity contribution is -0.132. The molecule has 1 aliphatic heterocycles. The molecule has 0 bridgehead atoms. The summed E-state index contributed by atoms with van der Waals surface area (Å²) in [6.07, 6.45) is 7.57. The Labute approximate surface area is 201 Å². The first-order chi connectivity index (χ1) is 15.9. The number of ether oxygens (including phenoxy) is 1. The van der Waals surface area contributed by atoms with Crippen LogP contribution in [0, 0.1) is 16.7 Å². The van der Waals surface area contributed by atoms with Crippen molar-refractivity contribution in [3.8, 4) is 11.1 Å². The van der Waals surface area contributed by atoms with Crippen molar-refractivity contribution in [1.29, 1.82) is 0 Å². The lowest BCUT2D eigenvalue weighted by Crippen LogP contribution is -2.52. The number of carbonyl (C=O) groups excluding carboxylic acids is 2. The van der Waals surface area contributed by atoms with Crippen molar-refractivity contribution >= 4 is 17.8 Å². The van der Waals surface area contributed by atoms with Crippen LogP contribution in [0.25, 0.3) is 11.1 Å². The molecule has 8 nitrogen and oxygen atoms in total. The first-order valence-corrected chi connectivity index (χ1v) is 12.2. The predicted molar refractivity (Wildman–Crippen MR) is 131 cm³/mol. The van der Waals surface area contributed by atoms with Crippen LogP contribution in [0.3, 0.4) is 0 Å². The molecule has 0 saturated heterocycles. The minimum absolute atomic E-state index is 0.107. The van der Waals surface area contributed by atoms with Crippen molar-refractivity contribution in [2.24, 2.45) is 22.5 Å². The smallest absolute Gasteiger partial charge is 0.405 e. The summed E-state index contributed by atoms with van der Waals surface area (Å²) in [5, 5.41) is 7.59. The Hall–Kier alpha value is -2.90. The SMILES string of the molecule is CC1(C)CCn2ncc(-c3ccnc(NC(=O)[C@H]4CCC[C@](OC(N)=O)(C(C)(C)C)C4)c3)c2C1. The zero-order chi connectivity index (χ0) is 24.7. The van der Waals surface area contributed by atoms with Gasteiger partial charge in [-0.2, -0.15) is 5.10 Å². The minimum Gasteiger partial charge on any atom is -0.443 e. The van der Waals surface area contributed by atoms with Crippen LogP contribution in [0.5, 0.6) is 0 Å². The highest BCUT2D eigenvalue weighted by atomic mass is 16.6. The molecule has 1 saturated carbocycles. The normalized spacial score (nSPS) is 24.2. The van der Waals surface area contributed by atoms with Gasteiger partial charge in [-0.3, -0.25) is 9.48 Å². The number of nitrogens with zero attached hydrogens (tertiary/aromatic N) is 3. The van der Waals surface area contributed by atoms with Crippen molar-refractivity contribution in [2.75, 3.05) is 5.32 Å². The van der Waals surface area contributed by atoms with Gasteiger partial charge in [0.25, 0.3) is 0 Å². The second-order valence-electron chi connectivity index (χ2n) is 11.7. The fourth-order valence-electron chi connectivity index (χ4n) is 5.46. The summed E-state index contributed by atoms with van der Waals surface area (Å²) in [6.45, 7) is 11.6. The lowest BCUT2D eigenvalue weighted by Gasteiger charge is -2.47. The molecule has 2 atom stereocenters. The molecule has 2 amide bonds. The Morgan fingerprint density at radius 3 is 2.74 bits per heavy atom. The first-order valence-electron chi connectivity index (χ1n) is 12.2. The van der Waals surface area contributed by atoms with Gasteiger partial charge in [0.2, 0.25) is 5.91 Å².